The summed E-state index contributed by atoms with van der Waals surface area (Å²) < 4.78 is 16.6. The van der Waals surface area contributed by atoms with Gasteiger partial charge in [0.1, 0.15) is 0 Å². The Hall–Kier alpha value is 0.347. The average molecular weight is 496 g/mol. The molecule has 0 radical (unpaired) electrons. The van der Waals surface area contributed by atoms with Crippen LogP contribution in [0.15, 0.2) is 0 Å². The van der Waals surface area contributed by atoms with E-state index in [0.717, 1.165) is 19.0 Å². The first-order valence-corrected chi connectivity index (χ1v) is 15.3. The maximum Gasteiger partial charge on any atom is 0.500 e. The summed E-state index contributed by atoms with van der Waals surface area (Å²) in [5, 5.41) is 3.71. The Kier molecular flexibility index (Phi) is 24.9. The SMILES string of the molecule is CCCCCCCCCCCCCCCCCCNC(C)(C)CC[Si](OC)(OC)OC.Cl. The molecule has 0 aliphatic carbocycles. The van der Waals surface area contributed by atoms with Crippen LogP contribution in [-0.4, -0.2) is 42.2 Å². The fourth-order valence-electron chi connectivity index (χ4n) is 4.21. The summed E-state index contributed by atoms with van der Waals surface area (Å²) in [6, 6.07) is 0.843. The molecule has 0 saturated carbocycles. The van der Waals surface area contributed by atoms with Crippen LogP contribution >= 0.6 is 12.4 Å². The summed E-state index contributed by atoms with van der Waals surface area (Å²) >= 11 is 0. The van der Waals surface area contributed by atoms with Gasteiger partial charge in [-0.05, 0) is 33.2 Å². The molecular weight excluding hydrogens is 438 g/mol. The third-order valence-electron chi connectivity index (χ3n) is 6.62. The lowest BCUT2D eigenvalue weighted by Crippen LogP contribution is -2.47. The topological polar surface area (TPSA) is 39.7 Å². The normalized spacial score (nSPS) is 12.2. The van der Waals surface area contributed by atoms with Crippen molar-refractivity contribution in [3.63, 3.8) is 0 Å². The Morgan fingerprint density at radius 2 is 0.938 bits per heavy atom. The largest absolute Gasteiger partial charge is 0.500 e. The molecule has 0 amide bonds. The van der Waals surface area contributed by atoms with E-state index < -0.39 is 8.80 Å². The van der Waals surface area contributed by atoms with E-state index in [9.17, 15) is 0 Å². The zero-order chi connectivity index (χ0) is 23.3. The van der Waals surface area contributed by atoms with Gasteiger partial charge in [-0.3, -0.25) is 0 Å². The van der Waals surface area contributed by atoms with E-state index in [4.69, 9.17) is 13.3 Å². The zero-order valence-electron chi connectivity index (χ0n) is 22.6. The van der Waals surface area contributed by atoms with Crippen molar-refractivity contribution in [1.82, 2.24) is 5.32 Å². The van der Waals surface area contributed by atoms with Crippen molar-refractivity contribution in [2.75, 3.05) is 27.9 Å². The summed E-state index contributed by atoms with van der Waals surface area (Å²) in [6.07, 6.45) is 23.7. The summed E-state index contributed by atoms with van der Waals surface area (Å²) in [5.74, 6) is 0. The van der Waals surface area contributed by atoms with E-state index in [-0.39, 0.29) is 17.9 Å². The molecule has 6 heteroatoms. The average Bonchev–Trinajstić information content (AvgIpc) is 2.77. The summed E-state index contributed by atoms with van der Waals surface area (Å²) in [5.41, 5.74) is 0.0867. The molecule has 0 aliphatic rings. The van der Waals surface area contributed by atoms with Gasteiger partial charge in [-0.15, -0.1) is 12.4 Å². The van der Waals surface area contributed by atoms with Gasteiger partial charge in [0.2, 0.25) is 0 Å². The highest BCUT2D eigenvalue weighted by molar-refractivity contribution is 6.60. The summed E-state index contributed by atoms with van der Waals surface area (Å²) in [7, 11) is 2.61. The van der Waals surface area contributed by atoms with E-state index in [2.05, 4.69) is 26.1 Å². The third-order valence-corrected chi connectivity index (χ3v) is 9.35. The molecule has 0 heterocycles. The lowest BCUT2D eigenvalue weighted by atomic mass is 10.0. The fourth-order valence-corrected chi connectivity index (χ4v) is 6.25. The van der Waals surface area contributed by atoms with Gasteiger partial charge in [-0.2, -0.15) is 0 Å². The highest BCUT2D eigenvalue weighted by Gasteiger charge is 2.39. The maximum atomic E-state index is 5.54. The third kappa shape index (κ3) is 19.8. The van der Waals surface area contributed by atoms with Gasteiger partial charge in [-0.25, -0.2) is 0 Å². The molecule has 0 aromatic carbocycles. The standard InChI is InChI=1S/C26H57NO3Si.ClH/c1-7-8-9-10-11-12-13-14-15-16-17-18-19-20-21-22-24-27-26(2,3)23-25-31(28-4,29-5)30-6;/h27H,7-25H2,1-6H3;1H. The molecule has 4 nitrogen and oxygen atoms in total. The van der Waals surface area contributed by atoms with Gasteiger partial charge in [0.25, 0.3) is 0 Å². The molecule has 0 spiro atoms. The molecule has 0 rings (SSSR count). The Morgan fingerprint density at radius 3 is 1.28 bits per heavy atom. The van der Waals surface area contributed by atoms with Gasteiger partial charge < -0.3 is 18.6 Å². The summed E-state index contributed by atoms with van der Waals surface area (Å²) in [4.78, 5) is 0. The van der Waals surface area contributed by atoms with Crippen LogP contribution in [0.2, 0.25) is 6.04 Å². The molecule has 0 aromatic rings. The predicted molar refractivity (Wildman–Crippen MR) is 145 cm³/mol. The van der Waals surface area contributed by atoms with Crippen LogP contribution in [0.1, 0.15) is 130 Å². The minimum absolute atomic E-state index is 0. The molecule has 0 atom stereocenters. The van der Waals surface area contributed by atoms with E-state index in [1.165, 1.54) is 103 Å². The highest BCUT2D eigenvalue weighted by atomic mass is 35.5. The van der Waals surface area contributed by atoms with Crippen LogP contribution in [0, 0.1) is 0 Å². The van der Waals surface area contributed by atoms with Crippen molar-refractivity contribution < 1.29 is 13.3 Å². The van der Waals surface area contributed by atoms with Gasteiger partial charge in [0.15, 0.2) is 0 Å². The number of hydrogen-bond acceptors (Lipinski definition) is 4. The Morgan fingerprint density at radius 1 is 0.594 bits per heavy atom. The van der Waals surface area contributed by atoms with E-state index in [0.29, 0.717) is 0 Å². The quantitative estimate of drug-likeness (QED) is 0.108. The van der Waals surface area contributed by atoms with E-state index >= 15 is 0 Å². The Balaban J connectivity index is 0. The molecular formula is C26H58ClNO3Si. The number of nitrogens with one attached hydrogen (secondary N) is 1. The van der Waals surface area contributed by atoms with Crippen molar-refractivity contribution in [1.29, 1.82) is 0 Å². The molecule has 0 fully saturated rings. The number of halogens is 1. The number of unbranched alkanes of at least 4 members (excludes halogenated alkanes) is 15. The first kappa shape index (κ1) is 34.5. The molecule has 1 N–H and O–H groups in total. The van der Waals surface area contributed by atoms with Crippen LogP contribution in [0.4, 0.5) is 0 Å². The smallest absolute Gasteiger partial charge is 0.377 e. The molecule has 0 aromatic heterocycles. The highest BCUT2D eigenvalue weighted by Crippen LogP contribution is 2.21. The molecule has 0 aliphatic heterocycles. The second kappa shape index (κ2) is 23.1. The maximum absolute atomic E-state index is 5.54. The lowest BCUT2D eigenvalue weighted by molar-refractivity contribution is 0.120. The predicted octanol–water partition coefficient (Wildman–Crippen LogP) is 8.31. The van der Waals surface area contributed by atoms with Crippen LogP contribution in [0.3, 0.4) is 0 Å². The molecule has 196 valence electrons. The molecule has 0 saturated heterocycles. The van der Waals surface area contributed by atoms with Gasteiger partial charge in [0, 0.05) is 32.9 Å². The minimum Gasteiger partial charge on any atom is -0.377 e. The molecule has 32 heavy (non-hydrogen) atoms. The number of rotatable bonds is 24. The molecule has 0 unspecified atom stereocenters. The minimum atomic E-state index is -2.46. The van der Waals surface area contributed by atoms with E-state index in [1.807, 2.05) is 0 Å². The molecule has 0 bridgehead atoms. The van der Waals surface area contributed by atoms with Crippen LogP contribution in [0.25, 0.3) is 0 Å². The van der Waals surface area contributed by atoms with Crippen molar-refractivity contribution in [2.24, 2.45) is 0 Å². The zero-order valence-corrected chi connectivity index (χ0v) is 24.4. The van der Waals surface area contributed by atoms with Gasteiger partial charge >= 0.3 is 8.80 Å². The fraction of sp³-hybridized carbons (Fsp3) is 1.00. The van der Waals surface area contributed by atoms with Crippen molar-refractivity contribution in [3.05, 3.63) is 0 Å². The Bertz CT molecular complexity index is 374. The second-order valence-corrected chi connectivity index (χ2v) is 13.0. The first-order chi connectivity index (χ1) is 14.9. The van der Waals surface area contributed by atoms with Crippen molar-refractivity contribution in [2.45, 2.75) is 142 Å². The van der Waals surface area contributed by atoms with Crippen LogP contribution in [0.5, 0.6) is 0 Å². The van der Waals surface area contributed by atoms with Crippen molar-refractivity contribution in [3.8, 4) is 0 Å². The summed E-state index contributed by atoms with van der Waals surface area (Å²) in [6.45, 7) is 7.91. The van der Waals surface area contributed by atoms with Crippen LogP contribution in [-0.2, 0) is 13.3 Å². The Labute approximate surface area is 209 Å². The monoisotopic (exact) mass is 495 g/mol. The second-order valence-electron chi connectivity index (χ2n) is 9.91. The lowest BCUT2D eigenvalue weighted by Gasteiger charge is -2.31. The van der Waals surface area contributed by atoms with Gasteiger partial charge in [-0.1, -0.05) is 103 Å². The first-order valence-electron chi connectivity index (χ1n) is 13.4. The van der Waals surface area contributed by atoms with Crippen molar-refractivity contribution >= 4 is 21.2 Å². The van der Waals surface area contributed by atoms with E-state index in [1.54, 1.807) is 21.3 Å². The number of hydrogen-bond donors (Lipinski definition) is 1. The van der Waals surface area contributed by atoms with Crippen LogP contribution < -0.4 is 5.32 Å². The van der Waals surface area contributed by atoms with Gasteiger partial charge in [0.05, 0.1) is 0 Å².